The van der Waals surface area contributed by atoms with Gasteiger partial charge in [-0.3, -0.25) is 9.79 Å². The number of halogens is 1. The molecule has 0 amide bonds. The van der Waals surface area contributed by atoms with Crippen molar-refractivity contribution < 1.29 is 9.90 Å². The lowest BCUT2D eigenvalue weighted by Gasteiger charge is -2.14. The minimum absolute atomic E-state index is 0.150. The van der Waals surface area contributed by atoms with Crippen molar-refractivity contribution in [2.24, 2.45) is 4.99 Å². The van der Waals surface area contributed by atoms with Crippen molar-refractivity contribution in [1.82, 2.24) is 0 Å². The maximum Gasteiger partial charge on any atom is 0.303 e. The highest BCUT2D eigenvalue weighted by atomic mass is 79.9. The summed E-state index contributed by atoms with van der Waals surface area (Å²) in [7, 11) is -1.20. The zero-order valence-electron chi connectivity index (χ0n) is 12.9. The molecule has 3 nitrogen and oxygen atoms in total. The van der Waals surface area contributed by atoms with Gasteiger partial charge in [-0.25, -0.2) is 0 Å². The summed E-state index contributed by atoms with van der Waals surface area (Å²) in [6, 6.07) is 6.06. The van der Waals surface area contributed by atoms with Crippen molar-refractivity contribution in [2.75, 3.05) is 12.4 Å². The van der Waals surface area contributed by atoms with E-state index in [2.05, 4.69) is 35.6 Å². The van der Waals surface area contributed by atoms with Crippen LogP contribution in [0.3, 0.4) is 0 Å². The van der Waals surface area contributed by atoms with Gasteiger partial charge in [0.05, 0.1) is 13.1 Å². The fourth-order valence-corrected chi connectivity index (χ4v) is 3.59. The number of hydrogen-bond donors (Lipinski definition) is 1. The number of carboxylic acid groups (broad SMARTS) is 1. The van der Waals surface area contributed by atoms with E-state index in [1.165, 1.54) is 0 Å². The molecule has 0 saturated carbocycles. The fraction of sp³-hybridized carbons (Fsp3) is 0.467. The molecule has 1 N–H and O–H groups in total. The number of aryl methyl sites for hydroxylation is 1. The van der Waals surface area contributed by atoms with Crippen LogP contribution in [-0.2, 0) is 11.2 Å². The van der Waals surface area contributed by atoms with Crippen molar-refractivity contribution >= 4 is 46.8 Å². The van der Waals surface area contributed by atoms with Crippen LogP contribution in [0.4, 0.5) is 0 Å². The summed E-state index contributed by atoms with van der Waals surface area (Å²) in [5, 5.41) is 9.80. The number of aliphatic carboxylic acids is 1. The van der Waals surface area contributed by atoms with Crippen molar-refractivity contribution in [3.63, 3.8) is 0 Å². The molecule has 0 heterocycles. The predicted octanol–water partition coefficient (Wildman–Crippen LogP) is 4.45. The average molecular weight is 388 g/mol. The van der Waals surface area contributed by atoms with Gasteiger partial charge in [0.1, 0.15) is 0 Å². The maximum atomic E-state index is 10.7. The molecule has 21 heavy (non-hydrogen) atoms. The summed E-state index contributed by atoms with van der Waals surface area (Å²) in [4.78, 5) is 15.4. The van der Waals surface area contributed by atoms with Gasteiger partial charge in [0.2, 0.25) is 0 Å². The highest BCUT2D eigenvalue weighted by Gasteiger charge is 2.13. The quantitative estimate of drug-likeness (QED) is 0.445. The molecule has 0 atom stereocenters. The number of thioether (sulfide) groups is 1. The lowest BCUT2D eigenvalue weighted by atomic mass is 10.1. The number of carbonyl (C=O) groups is 1. The molecule has 6 heteroatoms. The molecule has 1 aromatic rings. The van der Waals surface area contributed by atoms with Crippen LogP contribution in [0.15, 0.2) is 27.7 Å². The second kappa shape index (κ2) is 8.15. The maximum absolute atomic E-state index is 10.7. The van der Waals surface area contributed by atoms with Crippen molar-refractivity contribution in [2.45, 2.75) is 32.5 Å². The Morgan fingerprint density at radius 3 is 2.52 bits per heavy atom. The molecule has 0 bridgehead atoms. The van der Waals surface area contributed by atoms with Crippen LogP contribution < -0.4 is 0 Å². The molecular weight excluding hydrogens is 366 g/mol. The summed E-state index contributed by atoms with van der Waals surface area (Å²) < 4.78 is 0.955. The van der Waals surface area contributed by atoms with E-state index in [0.717, 1.165) is 26.8 Å². The van der Waals surface area contributed by atoms with E-state index in [0.29, 0.717) is 6.42 Å². The average Bonchev–Trinajstić information content (AvgIpc) is 2.37. The third-order valence-corrected chi connectivity index (χ3v) is 5.40. The first-order valence-electron chi connectivity index (χ1n) is 6.82. The molecule has 116 valence electrons. The van der Waals surface area contributed by atoms with Gasteiger partial charge in [0, 0.05) is 22.6 Å². The van der Waals surface area contributed by atoms with Gasteiger partial charge in [-0.05, 0) is 24.3 Å². The first-order valence-corrected chi connectivity index (χ1v) is 12.5. The Kier molecular flexibility index (Phi) is 7.16. The Balaban J connectivity index is 2.92. The lowest BCUT2D eigenvalue weighted by Crippen LogP contribution is -2.25. The van der Waals surface area contributed by atoms with E-state index in [-0.39, 0.29) is 6.42 Å². The SMILES string of the molecule is CSC(=NC[Si](C)(C)C)c1ccc(CCC(=O)O)c(Br)c1. The fourth-order valence-electron chi connectivity index (χ4n) is 1.71. The van der Waals surface area contributed by atoms with Gasteiger partial charge in [-0.2, -0.15) is 0 Å². The first kappa shape index (κ1) is 18.5. The monoisotopic (exact) mass is 387 g/mol. The number of aliphatic imine (C=N–C) groups is 1. The van der Waals surface area contributed by atoms with E-state index in [1.54, 1.807) is 11.8 Å². The normalized spacial score (nSPS) is 12.5. The number of benzene rings is 1. The molecule has 1 rings (SSSR count). The van der Waals surface area contributed by atoms with Crippen LogP contribution in [0.25, 0.3) is 0 Å². The van der Waals surface area contributed by atoms with Gasteiger partial charge in [-0.1, -0.05) is 47.7 Å². The van der Waals surface area contributed by atoms with Crippen molar-refractivity contribution in [3.05, 3.63) is 33.8 Å². The van der Waals surface area contributed by atoms with Gasteiger partial charge in [-0.15, -0.1) is 11.8 Å². The summed E-state index contributed by atoms with van der Waals surface area (Å²) in [6.07, 6.45) is 3.64. The van der Waals surface area contributed by atoms with Crippen LogP contribution in [0.1, 0.15) is 17.5 Å². The number of carboxylic acids is 1. The van der Waals surface area contributed by atoms with E-state index in [4.69, 9.17) is 10.1 Å². The van der Waals surface area contributed by atoms with Crippen molar-refractivity contribution in [3.8, 4) is 0 Å². The topological polar surface area (TPSA) is 49.7 Å². The Morgan fingerprint density at radius 1 is 1.38 bits per heavy atom. The summed E-state index contributed by atoms with van der Waals surface area (Å²) >= 11 is 5.19. The Labute approximate surface area is 140 Å². The Hall–Kier alpha value is -0.593. The van der Waals surface area contributed by atoms with Gasteiger partial charge < -0.3 is 5.11 Å². The van der Waals surface area contributed by atoms with E-state index >= 15 is 0 Å². The third kappa shape index (κ3) is 6.80. The van der Waals surface area contributed by atoms with E-state index in [9.17, 15) is 4.79 Å². The van der Waals surface area contributed by atoms with Crippen LogP contribution in [0, 0.1) is 0 Å². The zero-order chi connectivity index (χ0) is 16.0. The molecule has 0 aromatic heterocycles. The second-order valence-corrected chi connectivity index (χ2v) is 13.2. The zero-order valence-corrected chi connectivity index (χ0v) is 16.3. The molecule has 0 aliphatic rings. The molecule has 0 fully saturated rings. The first-order chi connectivity index (χ1) is 9.73. The van der Waals surface area contributed by atoms with Crippen molar-refractivity contribution in [1.29, 1.82) is 0 Å². The van der Waals surface area contributed by atoms with Gasteiger partial charge >= 0.3 is 5.97 Å². The summed E-state index contributed by atoms with van der Waals surface area (Å²) in [5.41, 5.74) is 2.11. The molecular formula is C15H22BrNO2SSi. The number of hydrogen-bond acceptors (Lipinski definition) is 3. The predicted molar refractivity (Wildman–Crippen MR) is 98.4 cm³/mol. The summed E-state index contributed by atoms with van der Waals surface area (Å²) in [6.45, 7) is 6.91. The minimum atomic E-state index is -1.20. The Morgan fingerprint density at radius 2 is 2.05 bits per heavy atom. The van der Waals surface area contributed by atoms with Gasteiger partial charge in [0.25, 0.3) is 0 Å². The van der Waals surface area contributed by atoms with Crippen LogP contribution in [0.5, 0.6) is 0 Å². The minimum Gasteiger partial charge on any atom is -0.481 e. The molecule has 0 aliphatic heterocycles. The van der Waals surface area contributed by atoms with Crippen LogP contribution in [-0.4, -0.2) is 36.6 Å². The van der Waals surface area contributed by atoms with Crippen LogP contribution >= 0.6 is 27.7 Å². The van der Waals surface area contributed by atoms with E-state index in [1.807, 2.05) is 24.5 Å². The third-order valence-electron chi connectivity index (χ3n) is 2.80. The molecule has 0 aliphatic carbocycles. The Bertz CT molecular complexity index is 541. The highest BCUT2D eigenvalue weighted by molar-refractivity contribution is 9.10. The van der Waals surface area contributed by atoms with E-state index < -0.39 is 14.0 Å². The number of nitrogens with zero attached hydrogens (tertiary/aromatic N) is 1. The molecule has 0 saturated heterocycles. The van der Waals surface area contributed by atoms with Gasteiger partial charge in [0.15, 0.2) is 0 Å². The summed E-state index contributed by atoms with van der Waals surface area (Å²) in [5.74, 6) is -0.771. The largest absolute Gasteiger partial charge is 0.481 e. The number of rotatable bonds is 6. The second-order valence-electron chi connectivity index (χ2n) is 6.09. The smallest absolute Gasteiger partial charge is 0.303 e. The standard InChI is InChI=1S/C15H22BrNO2SSi/c1-20-15(17-10-21(2,3)4)12-6-5-11(13(16)9-12)7-8-14(18)19/h5-6,9H,7-8,10H2,1-4H3,(H,18,19). The molecule has 0 radical (unpaired) electrons. The highest BCUT2D eigenvalue weighted by Crippen LogP contribution is 2.23. The molecule has 1 aromatic carbocycles. The lowest BCUT2D eigenvalue weighted by molar-refractivity contribution is -0.136. The molecule has 0 spiro atoms. The molecule has 0 unspecified atom stereocenters. The van der Waals surface area contributed by atoms with Crippen LogP contribution in [0.2, 0.25) is 19.6 Å².